The molecule has 0 N–H and O–H groups in total. The van der Waals surface area contributed by atoms with Crippen LogP contribution < -0.4 is 4.74 Å². The fourth-order valence-electron chi connectivity index (χ4n) is 1.41. The molecule has 0 fully saturated rings. The molecule has 0 bridgehead atoms. The summed E-state index contributed by atoms with van der Waals surface area (Å²) >= 11 is 0. The van der Waals surface area contributed by atoms with E-state index in [4.69, 9.17) is 10.00 Å². The van der Waals surface area contributed by atoms with Crippen LogP contribution in [-0.2, 0) is 9.84 Å². The number of sulfone groups is 1. The molecule has 0 spiro atoms. The zero-order valence-corrected chi connectivity index (χ0v) is 10.9. The van der Waals surface area contributed by atoms with E-state index >= 15 is 0 Å². The van der Waals surface area contributed by atoms with E-state index in [2.05, 4.69) is 4.98 Å². The number of hydrogen-bond donors (Lipinski definition) is 0. The molecule has 0 radical (unpaired) electrons. The molecule has 0 saturated heterocycles. The standard InChI is InChI=1S/C13H10N2O3S/c1-19(16,17)13-4-2-3-11(7-13)18-12-6-5-10(8-14)15-9-12/h2-7,9H,1H3. The average molecular weight is 274 g/mol. The molecule has 0 atom stereocenters. The number of nitrogens with zero attached hydrogens (tertiary/aromatic N) is 2. The van der Waals surface area contributed by atoms with Crippen LogP contribution in [0.25, 0.3) is 0 Å². The summed E-state index contributed by atoms with van der Waals surface area (Å²) in [5, 5.41) is 8.62. The van der Waals surface area contributed by atoms with Gasteiger partial charge in [0.05, 0.1) is 11.1 Å². The summed E-state index contributed by atoms with van der Waals surface area (Å²) in [5.41, 5.74) is 0.289. The van der Waals surface area contributed by atoms with Crippen molar-refractivity contribution in [1.82, 2.24) is 4.98 Å². The number of hydrogen-bond acceptors (Lipinski definition) is 5. The summed E-state index contributed by atoms with van der Waals surface area (Å²) in [4.78, 5) is 4.05. The lowest BCUT2D eigenvalue weighted by Crippen LogP contribution is -1.97. The van der Waals surface area contributed by atoms with Crippen LogP contribution in [-0.4, -0.2) is 19.7 Å². The Morgan fingerprint density at radius 3 is 2.58 bits per heavy atom. The first-order chi connectivity index (χ1) is 8.99. The Hall–Kier alpha value is -2.39. The first-order valence-corrected chi connectivity index (χ1v) is 7.22. The second-order valence-electron chi connectivity index (χ2n) is 3.84. The summed E-state index contributed by atoms with van der Waals surface area (Å²) in [7, 11) is -3.27. The van der Waals surface area contributed by atoms with Crippen molar-refractivity contribution in [1.29, 1.82) is 5.26 Å². The normalized spacial score (nSPS) is 10.7. The fourth-order valence-corrected chi connectivity index (χ4v) is 2.07. The molecule has 5 nitrogen and oxygen atoms in total. The summed E-state index contributed by atoms with van der Waals surface area (Å²) in [6.45, 7) is 0. The van der Waals surface area contributed by atoms with Crippen molar-refractivity contribution in [3.05, 3.63) is 48.3 Å². The Balaban J connectivity index is 2.26. The molecular formula is C13H10N2O3S. The molecule has 0 aliphatic carbocycles. The van der Waals surface area contributed by atoms with Gasteiger partial charge in [0.1, 0.15) is 23.3 Å². The monoisotopic (exact) mass is 274 g/mol. The van der Waals surface area contributed by atoms with Gasteiger partial charge in [-0.05, 0) is 30.3 Å². The molecular weight excluding hydrogens is 264 g/mol. The van der Waals surface area contributed by atoms with E-state index in [1.165, 1.54) is 24.4 Å². The molecule has 2 aromatic rings. The van der Waals surface area contributed by atoms with Crippen LogP contribution in [0.5, 0.6) is 11.5 Å². The van der Waals surface area contributed by atoms with Crippen molar-refractivity contribution < 1.29 is 13.2 Å². The Morgan fingerprint density at radius 1 is 1.21 bits per heavy atom. The number of ether oxygens (including phenoxy) is 1. The van der Waals surface area contributed by atoms with Gasteiger partial charge in [0.15, 0.2) is 9.84 Å². The van der Waals surface area contributed by atoms with E-state index in [0.29, 0.717) is 11.5 Å². The van der Waals surface area contributed by atoms with E-state index in [-0.39, 0.29) is 10.6 Å². The van der Waals surface area contributed by atoms with Gasteiger partial charge in [-0.1, -0.05) is 6.07 Å². The van der Waals surface area contributed by atoms with Gasteiger partial charge in [-0.3, -0.25) is 0 Å². The number of nitriles is 1. The van der Waals surface area contributed by atoms with E-state index in [9.17, 15) is 8.42 Å². The van der Waals surface area contributed by atoms with Crippen molar-refractivity contribution in [3.63, 3.8) is 0 Å². The van der Waals surface area contributed by atoms with Crippen LogP contribution in [0.2, 0.25) is 0 Å². The first-order valence-electron chi connectivity index (χ1n) is 5.33. The Bertz CT molecular complexity index is 731. The summed E-state index contributed by atoms with van der Waals surface area (Å²) in [5.74, 6) is 0.832. The smallest absolute Gasteiger partial charge is 0.175 e. The lowest BCUT2D eigenvalue weighted by atomic mass is 10.3. The highest BCUT2D eigenvalue weighted by Gasteiger charge is 2.08. The Kier molecular flexibility index (Phi) is 3.49. The van der Waals surface area contributed by atoms with E-state index < -0.39 is 9.84 Å². The number of rotatable bonds is 3. The van der Waals surface area contributed by atoms with Crippen LogP contribution in [0, 0.1) is 11.3 Å². The average Bonchev–Trinajstić information content (AvgIpc) is 2.39. The highest BCUT2D eigenvalue weighted by atomic mass is 32.2. The second kappa shape index (κ2) is 5.08. The molecule has 0 amide bonds. The Morgan fingerprint density at radius 2 is 2.00 bits per heavy atom. The number of pyridine rings is 1. The van der Waals surface area contributed by atoms with E-state index in [0.717, 1.165) is 6.26 Å². The fraction of sp³-hybridized carbons (Fsp3) is 0.0769. The third-order valence-corrected chi connectivity index (χ3v) is 3.43. The second-order valence-corrected chi connectivity index (χ2v) is 5.86. The molecule has 0 unspecified atom stereocenters. The maximum absolute atomic E-state index is 11.4. The summed E-state index contributed by atoms with van der Waals surface area (Å²) < 4.78 is 28.3. The van der Waals surface area contributed by atoms with Crippen LogP contribution in [0.4, 0.5) is 0 Å². The molecule has 6 heteroatoms. The predicted molar refractivity (Wildman–Crippen MR) is 68.6 cm³/mol. The predicted octanol–water partition coefficient (Wildman–Crippen LogP) is 2.15. The van der Waals surface area contributed by atoms with E-state index in [1.807, 2.05) is 6.07 Å². The highest BCUT2D eigenvalue weighted by molar-refractivity contribution is 7.90. The largest absolute Gasteiger partial charge is 0.456 e. The van der Waals surface area contributed by atoms with Crippen molar-refractivity contribution in [2.45, 2.75) is 4.90 Å². The Labute approximate surface area is 111 Å². The zero-order chi connectivity index (χ0) is 13.9. The molecule has 19 heavy (non-hydrogen) atoms. The van der Waals surface area contributed by atoms with Crippen molar-refractivity contribution >= 4 is 9.84 Å². The van der Waals surface area contributed by atoms with E-state index in [1.54, 1.807) is 18.2 Å². The topological polar surface area (TPSA) is 80.0 Å². The SMILES string of the molecule is CS(=O)(=O)c1cccc(Oc2ccc(C#N)nc2)c1. The van der Waals surface area contributed by atoms with Gasteiger partial charge < -0.3 is 4.74 Å². The van der Waals surface area contributed by atoms with Crippen molar-refractivity contribution in [2.24, 2.45) is 0 Å². The van der Waals surface area contributed by atoms with Gasteiger partial charge in [-0.2, -0.15) is 5.26 Å². The molecule has 1 heterocycles. The lowest BCUT2D eigenvalue weighted by molar-refractivity contribution is 0.478. The maximum atomic E-state index is 11.4. The summed E-state index contributed by atoms with van der Waals surface area (Å²) in [6.07, 6.45) is 2.54. The van der Waals surface area contributed by atoms with Gasteiger partial charge in [-0.15, -0.1) is 0 Å². The van der Waals surface area contributed by atoms with Gasteiger partial charge in [0.2, 0.25) is 0 Å². The number of aromatic nitrogens is 1. The lowest BCUT2D eigenvalue weighted by Gasteiger charge is -2.06. The minimum absolute atomic E-state index is 0.187. The molecule has 1 aromatic heterocycles. The van der Waals surface area contributed by atoms with Crippen molar-refractivity contribution in [3.8, 4) is 17.6 Å². The third kappa shape index (κ3) is 3.30. The van der Waals surface area contributed by atoms with Crippen LogP contribution in [0.3, 0.4) is 0 Å². The van der Waals surface area contributed by atoms with Gasteiger partial charge in [-0.25, -0.2) is 13.4 Å². The first kappa shape index (κ1) is 13.1. The summed E-state index contributed by atoms with van der Waals surface area (Å²) in [6, 6.07) is 11.2. The van der Waals surface area contributed by atoms with Gasteiger partial charge in [0.25, 0.3) is 0 Å². The quantitative estimate of drug-likeness (QED) is 0.856. The minimum atomic E-state index is -3.27. The zero-order valence-electron chi connectivity index (χ0n) is 10.1. The molecule has 0 saturated carbocycles. The van der Waals surface area contributed by atoms with Crippen LogP contribution >= 0.6 is 0 Å². The molecule has 0 aliphatic rings. The minimum Gasteiger partial charge on any atom is -0.456 e. The van der Waals surface area contributed by atoms with Crippen molar-refractivity contribution in [2.75, 3.05) is 6.26 Å². The highest BCUT2D eigenvalue weighted by Crippen LogP contribution is 2.23. The number of benzene rings is 1. The third-order valence-electron chi connectivity index (χ3n) is 2.32. The molecule has 0 aliphatic heterocycles. The maximum Gasteiger partial charge on any atom is 0.175 e. The van der Waals surface area contributed by atoms with Crippen LogP contribution in [0.1, 0.15) is 5.69 Å². The van der Waals surface area contributed by atoms with Gasteiger partial charge in [0, 0.05) is 6.26 Å². The molecule has 96 valence electrons. The molecule has 1 aromatic carbocycles. The molecule has 2 rings (SSSR count). The van der Waals surface area contributed by atoms with Gasteiger partial charge >= 0.3 is 0 Å². The van der Waals surface area contributed by atoms with Crippen LogP contribution in [0.15, 0.2) is 47.5 Å².